The van der Waals surface area contributed by atoms with Gasteiger partial charge in [-0.2, -0.15) is 0 Å². The molecule has 2 saturated carbocycles. The van der Waals surface area contributed by atoms with Crippen molar-refractivity contribution in [2.45, 2.75) is 25.4 Å². The van der Waals surface area contributed by atoms with Gasteiger partial charge in [0, 0.05) is 25.4 Å². The molecule has 0 saturated heterocycles. The van der Waals surface area contributed by atoms with E-state index in [0.29, 0.717) is 35.6 Å². The average molecular weight is 192 g/mol. The van der Waals surface area contributed by atoms with E-state index in [1.807, 2.05) is 0 Å². The Kier molecular flexibility index (Phi) is 1.81. The van der Waals surface area contributed by atoms with Crippen LogP contribution in [-0.4, -0.2) is 19.0 Å². The molecular weight excluding hydrogens is 176 g/mol. The molecule has 76 valence electrons. The third-order valence-electron chi connectivity index (χ3n) is 4.30. The summed E-state index contributed by atoms with van der Waals surface area (Å²) in [5, 5.41) is 0. The molecule has 0 unspecified atom stereocenters. The van der Waals surface area contributed by atoms with E-state index in [1.165, 1.54) is 6.42 Å². The molecule has 0 aliphatic heterocycles. The molecule has 0 amide bonds. The molecule has 14 heavy (non-hydrogen) atoms. The topological polar surface area (TPSA) is 26.3 Å². The quantitative estimate of drug-likeness (QED) is 0.592. The van der Waals surface area contributed by atoms with Crippen molar-refractivity contribution in [1.29, 1.82) is 0 Å². The molecule has 0 heterocycles. The van der Waals surface area contributed by atoms with Gasteiger partial charge in [-0.15, -0.1) is 0 Å². The van der Waals surface area contributed by atoms with Gasteiger partial charge in [0.15, 0.2) is 0 Å². The van der Waals surface area contributed by atoms with E-state index in [2.05, 4.69) is 12.2 Å². The highest BCUT2D eigenvalue weighted by Crippen LogP contribution is 2.53. The summed E-state index contributed by atoms with van der Waals surface area (Å²) >= 11 is 0. The lowest BCUT2D eigenvalue weighted by atomic mass is 9.71. The van der Waals surface area contributed by atoms with E-state index in [0.717, 1.165) is 12.8 Å². The van der Waals surface area contributed by atoms with Gasteiger partial charge in [0.1, 0.15) is 5.78 Å². The van der Waals surface area contributed by atoms with Crippen LogP contribution in [0.1, 0.15) is 19.3 Å². The largest absolute Gasteiger partial charge is 0.381 e. The van der Waals surface area contributed by atoms with Crippen molar-refractivity contribution in [2.24, 2.45) is 23.7 Å². The van der Waals surface area contributed by atoms with E-state index < -0.39 is 0 Å². The van der Waals surface area contributed by atoms with Crippen molar-refractivity contribution in [3.05, 3.63) is 12.2 Å². The molecular formula is C12H16O2. The second kappa shape index (κ2) is 2.93. The molecule has 0 aromatic rings. The van der Waals surface area contributed by atoms with Crippen molar-refractivity contribution in [3.63, 3.8) is 0 Å². The molecule has 2 bridgehead atoms. The molecule has 5 atom stereocenters. The molecule has 0 aromatic carbocycles. The maximum atomic E-state index is 11.8. The summed E-state index contributed by atoms with van der Waals surface area (Å²) in [5.41, 5.74) is 0. The van der Waals surface area contributed by atoms with Gasteiger partial charge in [0.05, 0.1) is 6.10 Å². The van der Waals surface area contributed by atoms with Crippen LogP contribution in [0.4, 0.5) is 0 Å². The monoisotopic (exact) mass is 192 g/mol. The predicted octanol–water partition coefficient (Wildman–Crippen LogP) is 1.80. The number of hydrogen-bond donors (Lipinski definition) is 0. The Balaban J connectivity index is 1.94. The SMILES string of the molecule is CO[C@@H]1CCC(=O)[C@H]2[C@@H]1[C@H]1C=C[C@@H]2C1. The first-order valence-corrected chi connectivity index (χ1v) is 5.55. The minimum absolute atomic E-state index is 0.295. The molecule has 3 rings (SSSR count). The lowest BCUT2D eigenvalue weighted by Gasteiger charge is -2.37. The Morgan fingerprint density at radius 2 is 2.14 bits per heavy atom. The van der Waals surface area contributed by atoms with Crippen LogP contribution in [0.25, 0.3) is 0 Å². The van der Waals surface area contributed by atoms with Crippen molar-refractivity contribution in [2.75, 3.05) is 7.11 Å². The molecule has 3 aliphatic rings. The Morgan fingerprint density at radius 1 is 1.36 bits per heavy atom. The lowest BCUT2D eigenvalue weighted by Crippen LogP contribution is -2.41. The second-order valence-electron chi connectivity index (χ2n) is 4.83. The molecule has 2 heteroatoms. The van der Waals surface area contributed by atoms with Crippen LogP contribution >= 0.6 is 0 Å². The fourth-order valence-electron chi connectivity index (χ4n) is 3.74. The smallest absolute Gasteiger partial charge is 0.137 e. The van der Waals surface area contributed by atoms with Crippen LogP contribution in [-0.2, 0) is 9.53 Å². The number of fused-ring (bicyclic) bond motifs is 5. The van der Waals surface area contributed by atoms with Gasteiger partial charge in [-0.3, -0.25) is 4.79 Å². The van der Waals surface area contributed by atoms with Gasteiger partial charge in [-0.25, -0.2) is 0 Å². The first-order chi connectivity index (χ1) is 6.81. The highest BCUT2D eigenvalue weighted by Gasteiger charge is 2.52. The minimum atomic E-state index is 0.295. The third-order valence-corrected chi connectivity index (χ3v) is 4.30. The van der Waals surface area contributed by atoms with Gasteiger partial charge in [-0.05, 0) is 24.7 Å². The van der Waals surface area contributed by atoms with E-state index in [-0.39, 0.29) is 0 Å². The number of carbonyl (C=O) groups excluding carboxylic acids is 1. The van der Waals surface area contributed by atoms with Crippen molar-refractivity contribution >= 4 is 5.78 Å². The summed E-state index contributed by atoms with van der Waals surface area (Å²) in [4.78, 5) is 11.8. The fraction of sp³-hybridized carbons (Fsp3) is 0.750. The zero-order valence-electron chi connectivity index (χ0n) is 8.48. The summed E-state index contributed by atoms with van der Waals surface area (Å²) in [5.74, 6) is 2.44. The van der Waals surface area contributed by atoms with Crippen LogP contribution in [0.5, 0.6) is 0 Å². The van der Waals surface area contributed by atoms with Gasteiger partial charge in [0.25, 0.3) is 0 Å². The van der Waals surface area contributed by atoms with Crippen molar-refractivity contribution < 1.29 is 9.53 Å². The van der Waals surface area contributed by atoms with Crippen molar-refractivity contribution in [3.8, 4) is 0 Å². The van der Waals surface area contributed by atoms with E-state index in [4.69, 9.17) is 4.74 Å². The number of methoxy groups -OCH3 is 1. The third kappa shape index (κ3) is 0.977. The van der Waals surface area contributed by atoms with E-state index >= 15 is 0 Å². The first kappa shape index (κ1) is 8.66. The summed E-state index contributed by atoms with van der Waals surface area (Å²) in [6.07, 6.45) is 7.75. The zero-order valence-corrected chi connectivity index (χ0v) is 8.48. The standard InChI is InChI=1S/C12H16O2/c1-14-10-5-4-9(13)11-7-2-3-8(6-7)12(10)11/h2-3,7-8,10-12H,4-6H2,1H3/t7-,8+,10-,11+,12-/m1/s1. The Bertz CT molecular complexity index is 295. The summed E-state index contributed by atoms with van der Waals surface area (Å²) in [6, 6.07) is 0. The molecule has 3 aliphatic carbocycles. The van der Waals surface area contributed by atoms with E-state index in [1.54, 1.807) is 7.11 Å². The molecule has 0 spiro atoms. The number of allylic oxidation sites excluding steroid dienone is 2. The van der Waals surface area contributed by atoms with Crippen LogP contribution in [0.3, 0.4) is 0 Å². The summed E-state index contributed by atoms with van der Waals surface area (Å²) in [6.45, 7) is 0. The minimum Gasteiger partial charge on any atom is -0.381 e. The number of ether oxygens (including phenoxy) is 1. The maximum Gasteiger partial charge on any atom is 0.137 e. The average Bonchev–Trinajstić information content (AvgIpc) is 2.79. The molecule has 0 N–H and O–H groups in total. The number of Topliss-reactive ketones (excluding diaryl/α,β-unsaturated/α-hetero) is 1. The molecule has 2 nitrogen and oxygen atoms in total. The highest BCUT2D eigenvalue weighted by molar-refractivity contribution is 5.83. The van der Waals surface area contributed by atoms with Crippen LogP contribution in [0.15, 0.2) is 12.2 Å². The Morgan fingerprint density at radius 3 is 2.93 bits per heavy atom. The number of hydrogen-bond acceptors (Lipinski definition) is 2. The van der Waals surface area contributed by atoms with Gasteiger partial charge >= 0.3 is 0 Å². The summed E-state index contributed by atoms with van der Waals surface area (Å²) < 4.78 is 5.52. The molecule has 0 radical (unpaired) electrons. The fourth-order valence-corrected chi connectivity index (χ4v) is 3.74. The van der Waals surface area contributed by atoms with Crippen LogP contribution in [0.2, 0.25) is 0 Å². The normalized spacial score (nSPS) is 49.8. The molecule has 2 fully saturated rings. The predicted molar refractivity (Wildman–Crippen MR) is 52.8 cm³/mol. The number of rotatable bonds is 1. The van der Waals surface area contributed by atoms with Gasteiger partial charge in [-0.1, -0.05) is 12.2 Å². The number of carbonyl (C=O) groups is 1. The Hall–Kier alpha value is -0.630. The Labute approximate surface area is 84.3 Å². The lowest BCUT2D eigenvalue weighted by molar-refractivity contribution is -0.132. The van der Waals surface area contributed by atoms with E-state index in [9.17, 15) is 4.79 Å². The number of ketones is 1. The molecule has 0 aromatic heterocycles. The van der Waals surface area contributed by atoms with Gasteiger partial charge < -0.3 is 4.74 Å². The maximum absolute atomic E-state index is 11.8. The van der Waals surface area contributed by atoms with Crippen molar-refractivity contribution in [1.82, 2.24) is 0 Å². The first-order valence-electron chi connectivity index (χ1n) is 5.55. The van der Waals surface area contributed by atoms with Crippen LogP contribution in [0, 0.1) is 23.7 Å². The van der Waals surface area contributed by atoms with Gasteiger partial charge in [0.2, 0.25) is 0 Å². The highest BCUT2D eigenvalue weighted by atomic mass is 16.5. The summed E-state index contributed by atoms with van der Waals surface area (Å²) in [7, 11) is 1.78. The van der Waals surface area contributed by atoms with Crippen LogP contribution < -0.4 is 0 Å². The second-order valence-corrected chi connectivity index (χ2v) is 4.83. The zero-order chi connectivity index (χ0) is 9.71.